The quantitative estimate of drug-likeness (QED) is 0.275. The molecular formula is C27H17ClFN5. The first kappa shape index (κ1) is 21.5. The lowest BCUT2D eigenvalue weighted by molar-refractivity contribution is 0.628. The molecule has 0 saturated heterocycles. The second-order valence-corrected chi connectivity index (χ2v) is 8.15. The van der Waals surface area contributed by atoms with Gasteiger partial charge >= 0.3 is 0 Å². The minimum absolute atomic E-state index is 0.0209. The maximum Gasteiger partial charge on any atom is 0.187 e. The number of nitrogens with zero attached hydrogens (tertiary/aromatic N) is 4. The number of aryl methyl sites for hydroxylation is 1. The zero-order valence-corrected chi connectivity index (χ0v) is 18.8. The Morgan fingerprint density at radius 2 is 1.76 bits per heavy atom. The predicted octanol–water partition coefficient (Wildman–Crippen LogP) is 7.75. The highest BCUT2D eigenvalue weighted by molar-refractivity contribution is 6.31. The van der Waals surface area contributed by atoms with E-state index in [1.54, 1.807) is 30.6 Å². The van der Waals surface area contributed by atoms with E-state index < -0.39 is 5.82 Å². The van der Waals surface area contributed by atoms with Crippen LogP contribution in [0.15, 0.2) is 79.1 Å². The monoisotopic (exact) mass is 465 g/mol. The third-order valence-corrected chi connectivity index (χ3v) is 5.71. The third kappa shape index (κ3) is 4.17. The van der Waals surface area contributed by atoms with Crippen molar-refractivity contribution >= 4 is 39.7 Å². The number of halogens is 2. The Morgan fingerprint density at radius 3 is 2.47 bits per heavy atom. The second-order valence-electron chi connectivity index (χ2n) is 7.74. The van der Waals surface area contributed by atoms with Crippen molar-refractivity contribution in [2.75, 3.05) is 5.32 Å². The zero-order valence-electron chi connectivity index (χ0n) is 18.1. The summed E-state index contributed by atoms with van der Waals surface area (Å²) < 4.78 is 13.7. The summed E-state index contributed by atoms with van der Waals surface area (Å²) in [5.41, 5.74) is 5.67. The normalized spacial score (nSPS) is 10.8. The Balaban J connectivity index is 1.71. The summed E-state index contributed by atoms with van der Waals surface area (Å²) in [7, 11) is 0. The molecule has 7 heteroatoms. The van der Waals surface area contributed by atoms with Crippen LogP contribution in [0, 0.1) is 19.3 Å². The van der Waals surface area contributed by atoms with Crippen molar-refractivity contribution in [2.24, 2.45) is 0 Å². The Bertz CT molecular complexity index is 1560. The summed E-state index contributed by atoms with van der Waals surface area (Å²) >= 11 is 6.00. The van der Waals surface area contributed by atoms with Gasteiger partial charge in [-0.3, -0.25) is 4.98 Å². The number of anilines is 2. The molecule has 0 saturated carbocycles. The minimum atomic E-state index is -0.489. The van der Waals surface area contributed by atoms with E-state index in [9.17, 15) is 4.39 Å². The highest BCUT2D eigenvalue weighted by Gasteiger charge is 2.14. The lowest BCUT2D eigenvalue weighted by atomic mass is 9.99. The van der Waals surface area contributed by atoms with Crippen molar-refractivity contribution < 1.29 is 4.39 Å². The highest BCUT2D eigenvalue weighted by atomic mass is 35.5. The van der Waals surface area contributed by atoms with Gasteiger partial charge in [0.05, 0.1) is 17.1 Å². The number of aromatic nitrogens is 3. The van der Waals surface area contributed by atoms with Gasteiger partial charge in [0, 0.05) is 29.0 Å². The first-order valence-corrected chi connectivity index (χ1v) is 10.8. The molecule has 5 nitrogen and oxygen atoms in total. The molecule has 34 heavy (non-hydrogen) atoms. The summed E-state index contributed by atoms with van der Waals surface area (Å²) in [5, 5.41) is 4.11. The van der Waals surface area contributed by atoms with Crippen molar-refractivity contribution in [1.29, 1.82) is 0 Å². The number of hydrogen-bond acceptors (Lipinski definition) is 4. The molecule has 0 atom stereocenters. The van der Waals surface area contributed by atoms with Crippen molar-refractivity contribution in [2.45, 2.75) is 6.92 Å². The van der Waals surface area contributed by atoms with Gasteiger partial charge in [0.25, 0.3) is 0 Å². The van der Waals surface area contributed by atoms with E-state index in [0.717, 1.165) is 33.2 Å². The molecule has 0 spiro atoms. The molecule has 0 unspecified atom stereocenters. The molecule has 0 aliphatic heterocycles. The van der Waals surface area contributed by atoms with E-state index in [0.29, 0.717) is 23.0 Å². The van der Waals surface area contributed by atoms with Crippen LogP contribution in [-0.4, -0.2) is 15.0 Å². The number of pyridine rings is 1. The SMILES string of the molecule is [C-]#[N+]c1ccc(-c2cc(C)c3nc(-c4cccnc4)nc(Nc4ccc(F)c(Cl)c4)c3c2)cc1. The van der Waals surface area contributed by atoms with Crippen LogP contribution in [0.25, 0.3) is 38.3 Å². The fourth-order valence-electron chi connectivity index (χ4n) is 3.73. The Kier molecular flexibility index (Phi) is 5.62. The van der Waals surface area contributed by atoms with E-state index >= 15 is 0 Å². The molecular weight excluding hydrogens is 449 g/mol. The largest absolute Gasteiger partial charge is 0.340 e. The van der Waals surface area contributed by atoms with Crippen LogP contribution in [0.2, 0.25) is 5.02 Å². The first-order valence-electron chi connectivity index (χ1n) is 10.4. The fourth-order valence-corrected chi connectivity index (χ4v) is 3.91. The van der Waals surface area contributed by atoms with Crippen LogP contribution in [0.1, 0.15) is 5.56 Å². The standard InChI is InChI=1S/C27H17ClFN5/c1-16-12-19(17-5-7-20(30-2)8-6-17)13-22-25(16)33-26(18-4-3-11-31-15-18)34-27(22)32-21-9-10-24(29)23(28)14-21/h3-15H,1H3,(H,32,33,34). The molecule has 5 aromatic rings. The third-order valence-electron chi connectivity index (χ3n) is 5.42. The van der Waals surface area contributed by atoms with Gasteiger partial charge in [-0.05, 0) is 66.1 Å². The highest BCUT2D eigenvalue weighted by Crippen LogP contribution is 2.34. The van der Waals surface area contributed by atoms with Crippen LogP contribution in [-0.2, 0) is 0 Å². The second kappa shape index (κ2) is 8.89. The summed E-state index contributed by atoms with van der Waals surface area (Å²) in [6.45, 7) is 9.18. The van der Waals surface area contributed by atoms with Crippen molar-refractivity contribution in [3.63, 3.8) is 0 Å². The molecule has 5 rings (SSSR count). The lowest BCUT2D eigenvalue weighted by Crippen LogP contribution is -2.01. The van der Waals surface area contributed by atoms with E-state index in [2.05, 4.69) is 21.2 Å². The van der Waals surface area contributed by atoms with E-state index in [-0.39, 0.29) is 5.02 Å². The Hall–Kier alpha value is -4.34. The van der Waals surface area contributed by atoms with Gasteiger partial charge in [-0.2, -0.15) is 0 Å². The molecule has 164 valence electrons. The number of benzene rings is 3. The summed E-state index contributed by atoms with van der Waals surface area (Å²) in [6, 6.07) is 19.7. The average Bonchev–Trinajstić information content (AvgIpc) is 2.87. The lowest BCUT2D eigenvalue weighted by Gasteiger charge is -2.14. The van der Waals surface area contributed by atoms with Crippen molar-refractivity contribution in [1.82, 2.24) is 15.0 Å². The van der Waals surface area contributed by atoms with Gasteiger partial charge in [0.1, 0.15) is 11.6 Å². The average molecular weight is 466 g/mol. The molecule has 0 bridgehead atoms. The van der Waals surface area contributed by atoms with Gasteiger partial charge in [0.2, 0.25) is 0 Å². The van der Waals surface area contributed by atoms with Crippen LogP contribution in [0.5, 0.6) is 0 Å². The van der Waals surface area contributed by atoms with E-state index in [4.69, 9.17) is 28.1 Å². The van der Waals surface area contributed by atoms with Crippen molar-refractivity contribution in [3.05, 3.63) is 107 Å². The first-order chi connectivity index (χ1) is 16.5. The number of nitrogens with one attached hydrogen (secondary N) is 1. The Labute approximate surface area is 200 Å². The van der Waals surface area contributed by atoms with Gasteiger partial charge in [-0.15, -0.1) is 0 Å². The zero-order chi connectivity index (χ0) is 23.7. The molecule has 0 fully saturated rings. The molecule has 0 amide bonds. The fraction of sp³-hybridized carbons (Fsp3) is 0.0370. The molecule has 2 heterocycles. The maximum atomic E-state index is 13.7. The number of fused-ring (bicyclic) bond motifs is 1. The summed E-state index contributed by atoms with van der Waals surface area (Å²) in [4.78, 5) is 17.3. The Morgan fingerprint density at radius 1 is 0.941 bits per heavy atom. The van der Waals surface area contributed by atoms with E-state index in [1.165, 1.54) is 12.1 Å². The molecule has 0 aliphatic carbocycles. The van der Waals surface area contributed by atoms with Crippen LogP contribution in [0.3, 0.4) is 0 Å². The topological polar surface area (TPSA) is 55.1 Å². The van der Waals surface area contributed by atoms with Gasteiger partial charge < -0.3 is 5.32 Å². The summed E-state index contributed by atoms with van der Waals surface area (Å²) in [6.07, 6.45) is 3.41. The minimum Gasteiger partial charge on any atom is -0.340 e. The summed E-state index contributed by atoms with van der Waals surface area (Å²) in [5.74, 6) is 0.597. The maximum absolute atomic E-state index is 13.7. The smallest absolute Gasteiger partial charge is 0.187 e. The van der Waals surface area contributed by atoms with Crippen molar-refractivity contribution in [3.8, 4) is 22.5 Å². The van der Waals surface area contributed by atoms with Crippen LogP contribution < -0.4 is 5.32 Å². The van der Waals surface area contributed by atoms with Gasteiger partial charge in [0.15, 0.2) is 11.5 Å². The van der Waals surface area contributed by atoms with Gasteiger partial charge in [-0.25, -0.2) is 19.2 Å². The number of rotatable bonds is 4. The molecule has 0 aliphatic rings. The molecule has 0 radical (unpaired) electrons. The number of hydrogen-bond donors (Lipinski definition) is 1. The molecule has 3 aromatic carbocycles. The van der Waals surface area contributed by atoms with Crippen LogP contribution >= 0.6 is 11.6 Å². The predicted molar refractivity (Wildman–Crippen MR) is 134 cm³/mol. The van der Waals surface area contributed by atoms with Gasteiger partial charge in [-0.1, -0.05) is 35.9 Å². The molecule has 1 N–H and O–H groups in total. The van der Waals surface area contributed by atoms with E-state index in [1.807, 2.05) is 37.3 Å². The molecule has 2 aromatic heterocycles. The van der Waals surface area contributed by atoms with Crippen LogP contribution in [0.4, 0.5) is 21.6 Å².